The van der Waals surface area contributed by atoms with E-state index in [1.807, 2.05) is 0 Å². The van der Waals surface area contributed by atoms with Crippen molar-refractivity contribution in [2.24, 2.45) is 5.73 Å². The number of hydrogen-bond donors (Lipinski definition) is 5. The van der Waals surface area contributed by atoms with Crippen molar-refractivity contribution in [2.75, 3.05) is 20.1 Å². The van der Waals surface area contributed by atoms with Gasteiger partial charge in [0.2, 0.25) is 11.8 Å². The van der Waals surface area contributed by atoms with Crippen LogP contribution in [-0.4, -0.2) is 59.8 Å². The van der Waals surface area contributed by atoms with Crippen LogP contribution in [0.15, 0.2) is 24.3 Å². The molecule has 0 saturated heterocycles. The van der Waals surface area contributed by atoms with Crippen molar-refractivity contribution in [1.29, 1.82) is 5.41 Å². The Labute approximate surface area is 145 Å². The number of amidine groups is 1. The zero-order valence-electron chi connectivity index (χ0n) is 14.2. The molecule has 0 radical (unpaired) electrons. The molecule has 9 nitrogen and oxygen atoms in total. The number of carboxylic acid groups (broad SMARTS) is 1. The number of carbonyl (C=O) groups is 3. The largest absolute Gasteiger partial charge is 0.480 e. The van der Waals surface area contributed by atoms with E-state index in [1.165, 1.54) is 11.9 Å². The highest BCUT2D eigenvalue weighted by atomic mass is 16.4. The van der Waals surface area contributed by atoms with Gasteiger partial charge in [-0.25, -0.2) is 0 Å². The topological polar surface area (TPSA) is 149 Å². The molecule has 9 heteroatoms. The molecular weight excluding hydrogens is 326 g/mol. The van der Waals surface area contributed by atoms with Crippen LogP contribution in [-0.2, 0) is 20.9 Å². The van der Waals surface area contributed by atoms with Gasteiger partial charge in [0.1, 0.15) is 11.9 Å². The van der Waals surface area contributed by atoms with Crippen LogP contribution in [0.25, 0.3) is 0 Å². The Morgan fingerprint density at radius 2 is 1.84 bits per heavy atom. The van der Waals surface area contributed by atoms with Crippen LogP contribution in [0.3, 0.4) is 0 Å². The van der Waals surface area contributed by atoms with E-state index in [4.69, 9.17) is 16.2 Å². The third kappa shape index (κ3) is 6.60. The van der Waals surface area contributed by atoms with Gasteiger partial charge in [-0.3, -0.25) is 25.1 Å². The number of nitrogens with two attached hydrogens (primary N) is 1. The van der Waals surface area contributed by atoms with Gasteiger partial charge < -0.3 is 21.1 Å². The van der Waals surface area contributed by atoms with Crippen molar-refractivity contribution in [1.82, 2.24) is 15.5 Å². The predicted molar refractivity (Wildman–Crippen MR) is 92.0 cm³/mol. The fourth-order valence-corrected chi connectivity index (χ4v) is 1.93. The number of carbonyl (C=O) groups excluding carboxylic acids is 2. The highest BCUT2D eigenvalue weighted by Gasteiger charge is 2.21. The molecule has 0 heterocycles. The number of hydrogen-bond acceptors (Lipinski definition) is 5. The number of likely N-dealkylation sites (N-methyl/N-ethyl adjacent to an activating group) is 1. The average Bonchev–Trinajstić information content (AvgIpc) is 2.58. The summed E-state index contributed by atoms with van der Waals surface area (Å²) in [6.07, 6.45) is 0. The summed E-state index contributed by atoms with van der Waals surface area (Å²) in [6.45, 7) is 1.38. The molecule has 136 valence electrons. The summed E-state index contributed by atoms with van der Waals surface area (Å²) in [7, 11) is 1.48. The number of amides is 2. The van der Waals surface area contributed by atoms with Crippen LogP contribution in [0.4, 0.5) is 0 Å². The lowest BCUT2D eigenvalue weighted by atomic mass is 10.1. The Morgan fingerprint density at radius 3 is 2.36 bits per heavy atom. The molecule has 1 atom stereocenters. The molecule has 1 aromatic rings. The van der Waals surface area contributed by atoms with E-state index in [9.17, 15) is 14.4 Å². The number of rotatable bonds is 9. The molecule has 0 fully saturated rings. The molecule has 6 N–H and O–H groups in total. The van der Waals surface area contributed by atoms with E-state index in [2.05, 4.69) is 10.6 Å². The summed E-state index contributed by atoms with van der Waals surface area (Å²) in [4.78, 5) is 35.7. The molecule has 0 bridgehead atoms. The van der Waals surface area contributed by atoms with E-state index >= 15 is 0 Å². The number of nitrogens with zero attached hydrogens (tertiary/aromatic N) is 1. The number of aliphatic carboxylic acids is 1. The molecule has 0 aliphatic carbocycles. The maximum absolute atomic E-state index is 12.1. The maximum Gasteiger partial charge on any atom is 0.317 e. The van der Waals surface area contributed by atoms with Gasteiger partial charge in [0.25, 0.3) is 0 Å². The lowest BCUT2D eigenvalue weighted by Crippen LogP contribution is -2.48. The molecule has 0 spiro atoms. The van der Waals surface area contributed by atoms with Crippen molar-refractivity contribution < 1.29 is 19.5 Å². The van der Waals surface area contributed by atoms with Gasteiger partial charge in [-0.05, 0) is 12.5 Å². The third-order valence-corrected chi connectivity index (χ3v) is 3.64. The first-order chi connectivity index (χ1) is 11.7. The normalized spacial score (nSPS) is 11.4. The highest BCUT2D eigenvalue weighted by Crippen LogP contribution is 2.04. The van der Waals surface area contributed by atoms with Gasteiger partial charge in [0, 0.05) is 19.2 Å². The first-order valence-electron chi connectivity index (χ1n) is 7.61. The molecule has 0 saturated carbocycles. The van der Waals surface area contributed by atoms with Crippen molar-refractivity contribution >= 4 is 23.6 Å². The quantitative estimate of drug-likeness (QED) is 0.288. The minimum absolute atomic E-state index is 0.0270. The second kappa shape index (κ2) is 9.38. The van der Waals surface area contributed by atoms with Gasteiger partial charge in [0.05, 0.1) is 13.1 Å². The molecule has 1 unspecified atom stereocenters. The molecule has 0 aliphatic heterocycles. The zero-order valence-corrected chi connectivity index (χ0v) is 14.2. The Bertz CT molecular complexity index is 644. The van der Waals surface area contributed by atoms with Crippen molar-refractivity contribution in [3.63, 3.8) is 0 Å². The van der Waals surface area contributed by atoms with Crippen molar-refractivity contribution in [2.45, 2.75) is 19.5 Å². The number of nitrogen functional groups attached to an aromatic ring is 1. The van der Waals surface area contributed by atoms with Gasteiger partial charge in [-0.1, -0.05) is 24.3 Å². The van der Waals surface area contributed by atoms with Crippen LogP contribution in [0.2, 0.25) is 0 Å². The van der Waals surface area contributed by atoms with Gasteiger partial charge in [0.15, 0.2) is 0 Å². The maximum atomic E-state index is 12.1. The third-order valence-electron chi connectivity index (χ3n) is 3.64. The second-order valence-electron chi connectivity index (χ2n) is 5.51. The standard InChI is InChI=1S/C16H23N5O4/c1-10(21(2)13(22)8-19-9-14(23)24)16(25)20-7-11-3-5-12(6-4-11)15(17)18/h3-6,10,19H,7-9H2,1-2H3,(H3,17,18)(H,20,25)(H,23,24). The van der Waals surface area contributed by atoms with E-state index in [-0.39, 0.29) is 37.3 Å². The Kier molecular flexibility index (Phi) is 7.54. The van der Waals surface area contributed by atoms with E-state index in [0.29, 0.717) is 5.56 Å². The summed E-state index contributed by atoms with van der Waals surface area (Å²) in [5.74, 6) is -1.79. The van der Waals surface area contributed by atoms with Crippen LogP contribution >= 0.6 is 0 Å². The van der Waals surface area contributed by atoms with Crippen LogP contribution < -0.4 is 16.4 Å². The van der Waals surface area contributed by atoms with Crippen molar-refractivity contribution in [3.05, 3.63) is 35.4 Å². The first kappa shape index (κ1) is 20.1. The second-order valence-corrected chi connectivity index (χ2v) is 5.51. The van der Waals surface area contributed by atoms with E-state index in [1.54, 1.807) is 31.2 Å². The smallest absolute Gasteiger partial charge is 0.317 e. The Balaban J connectivity index is 2.48. The lowest BCUT2D eigenvalue weighted by Gasteiger charge is -2.24. The minimum atomic E-state index is -1.06. The monoisotopic (exact) mass is 349 g/mol. The SMILES string of the molecule is CC(C(=O)NCc1ccc(C(=N)N)cc1)N(C)C(=O)CNCC(=O)O. The predicted octanol–water partition coefficient (Wildman–Crippen LogP) is -0.892. The summed E-state index contributed by atoms with van der Waals surface area (Å²) in [5, 5.41) is 21.0. The Morgan fingerprint density at radius 1 is 1.24 bits per heavy atom. The number of nitrogens with one attached hydrogen (secondary N) is 3. The van der Waals surface area contributed by atoms with Gasteiger partial charge in [-0.15, -0.1) is 0 Å². The molecule has 1 rings (SSSR count). The molecule has 0 aromatic heterocycles. The highest BCUT2D eigenvalue weighted by molar-refractivity contribution is 5.94. The van der Waals surface area contributed by atoms with Crippen LogP contribution in [0.1, 0.15) is 18.1 Å². The molecule has 25 heavy (non-hydrogen) atoms. The van der Waals surface area contributed by atoms with Crippen LogP contribution in [0.5, 0.6) is 0 Å². The van der Waals surface area contributed by atoms with E-state index < -0.39 is 12.0 Å². The van der Waals surface area contributed by atoms with E-state index in [0.717, 1.165) is 5.56 Å². The fourth-order valence-electron chi connectivity index (χ4n) is 1.93. The zero-order chi connectivity index (χ0) is 19.0. The number of benzene rings is 1. The molecule has 0 aliphatic rings. The summed E-state index contributed by atoms with van der Waals surface area (Å²) >= 11 is 0. The summed E-state index contributed by atoms with van der Waals surface area (Å²) in [5.41, 5.74) is 6.81. The fraction of sp³-hybridized carbons (Fsp3) is 0.375. The first-order valence-corrected chi connectivity index (χ1v) is 7.61. The molecular formula is C16H23N5O4. The lowest BCUT2D eigenvalue weighted by molar-refractivity contribution is -0.138. The molecule has 2 amide bonds. The molecule has 1 aromatic carbocycles. The van der Waals surface area contributed by atoms with Crippen LogP contribution in [0, 0.1) is 5.41 Å². The Hall–Kier alpha value is -2.94. The average molecular weight is 349 g/mol. The summed E-state index contributed by atoms with van der Waals surface area (Å²) in [6, 6.07) is 6.20. The minimum Gasteiger partial charge on any atom is -0.480 e. The summed E-state index contributed by atoms with van der Waals surface area (Å²) < 4.78 is 0. The van der Waals surface area contributed by atoms with Crippen molar-refractivity contribution in [3.8, 4) is 0 Å². The van der Waals surface area contributed by atoms with Gasteiger partial charge >= 0.3 is 5.97 Å². The van der Waals surface area contributed by atoms with Gasteiger partial charge in [-0.2, -0.15) is 0 Å². The number of carboxylic acids is 1.